The Bertz CT molecular complexity index is 822. The van der Waals surface area contributed by atoms with Crippen molar-refractivity contribution < 1.29 is 4.79 Å². The SMILES string of the molecule is CCN1C(=O)C2C(=NNC2C)c2cc(-c3cnn(C)c3)ccc21. The fraction of sp³-hybridized carbons (Fsp3) is 0.353. The minimum absolute atomic E-state index is 0.0294. The molecule has 4 rings (SSSR count). The highest BCUT2D eigenvalue weighted by atomic mass is 16.2. The first-order chi connectivity index (χ1) is 11.1. The lowest BCUT2D eigenvalue weighted by atomic mass is 9.85. The minimum atomic E-state index is -0.202. The van der Waals surface area contributed by atoms with Gasteiger partial charge in [0.15, 0.2) is 0 Å². The van der Waals surface area contributed by atoms with Crippen LogP contribution in [-0.4, -0.2) is 34.0 Å². The molecule has 2 atom stereocenters. The van der Waals surface area contributed by atoms with Gasteiger partial charge in [-0.15, -0.1) is 0 Å². The van der Waals surface area contributed by atoms with Crippen LogP contribution in [0, 0.1) is 5.92 Å². The Morgan fingerprint density at radius 1 is 1.30 bits per heavy atom. The molecule has 0 fully saturated rings. The monoisotopic (exact) mass is 309 g/mol. The number of fused-ring (bicyclic) bond motifs is 3. The molecule has 6 heteroatoms. The van der Waals surface area contributed by atoms with Crippen molar-refractivity contribution in [2.24, 2.45) is 18.1 Å². The average molecular weight is 309 g/mol. The van der Waals surface area contributed by atoms with Crippen LogP contribution in [0.4, 0.5) is 5.69 Å². The molecule has 6 nitrogen and oxygen atoms in total. The van der Waals surface area contributed by atoms with Crippen LogP contribution in [0.5, 0.6) is 0 Å². The van der Waals surface area contributed by atoms with Gasteiger partial charge in [0.25, 0.3) is 0 Å². The zero-order chi connectivity index (χ0) is 16.1. The van der Waals surface area contributed by atoms with E-state index in [0.717, 1.165) is 28.1 Å². The van der Waals surface area contributed by atoms with Gasteiger partial charge in [-0.3, -0.25) is 9.48 Å². The van der Waals surface area contributed by atoms with Crippen molar-refractivity contribution in [2.45, 2.75) is 19.9 Å². The van der Waals surface area contributed by atoms with Gasteiger partial charge in [-0.2, -0.15) is 10.2 Å². The lowest BCUT2D eigenvalue weighted by molar-refractivity contribution is -0.120. The number of benzene rings is 1. The average Bonchev–Trinajstić information content (AvgIpc) is 3.14. The molecule has 118 valence electrons. The standard InChI is InChI=1S/C17H19N5O/c1-4-22-14-6-5-11(12-8-18-21(3)9-12)7-13(14)16-15(17(22)23)10(2)19-20-16/h5-10,15,19H,4H2,1-3H3. The highest BCUT2D eigenvalue weighted by Crippen LogP contribution is 2.36. The number of nitrogens with one attached hydrogen (secondary N) is 1. The van der Waals surface area contributed by atoms with Crippen LogP contribution in [0.1, 0.15) is 19.4 Å². The summed E-state index contributed by atoms with van der Waals surface area (Å²) in [4.78, 5) is 14.6. The van der Waals surface area contributed by atoms with Crippen molar-refractivity contribution in [2.75, 3.05) is 11.4 Å². The second-order valence-corrected chi connectivity index (χ2v) is 6.11. The van der Waals surface area contributed by atoms with Crippen LogP contribution < -0.4 is 10.3 Å². The fourth-order valence-electron chi connectivity index (χ4n) is 3.45. The van der Waals surface area contributed by atoms with Gasteiger partial charge in [0.2, 0.25) is 5.91 Å². The molecule has 3 heterocycles. The highest BCUT2D eigenvalue weighted by Gasteiger charge is 2.43. The van der Waals surface area contributed by atoms with Crippen LogP contribution in [-0.2, 0) is 11.8 Å². The van der Waals surface area contributed by atoms with Gasteiger partial charge in [-0.25, -0.2) is 0 Å². The van der Waals surface area contributed by atoms with E-state index in [0.29, 0.717) is 6.54 Å². The molecule has 0 radical (unpaired) electrons. The maximum atomic E-state index is 12.8. The van der Waals surface area contributed by atoms with Gasteiger partial charge in [-0.05, 0) is 31.5 Å². The maximum absolute atomic E-state index is 12.8. The molecule has 0 aliphatic carbocycles. The van der Waals surface area contributed by atoms with Gasteiger partial charge in [0.1, 0.15) is 5.92 Å². The Kier molecular flexibility index (Phi) is 3.01. The summed E-state index contributed by atoms with van der Waals surface area (Å²) in [6.45, 7) is 4.67. The third kappa shape index (κ3) is 1.98. The number of nitrogens with zero attached hydrogens (tertiary/aromatic N) is 4. The Hall–Kier alpha value is -2.63. The third-order valence-corrected chi connectivity index (χ3v) is 4.63. The van der Waals surface area contributed by atoms with Crippen LogP contribution in [0.2, 0.25) is 0 Å². The number of amides is 1. The summed E-state index contributed by atoms with van der Waals surface area (Å²) < 4.78 is 1.79. The summed E-state index contributed by atoms with van der Waals surface area (Å²) >= 11 is 0. The summed E-state index contributed by atoms with van der Waals surface area (Å²) in [6.07, 6.45) is 3.84. The first-order valence-electron chi connectivity index (χ1n) is 7.88. The predicted molar refractivity (Wildman–Crippen MR) is 89.3 cm³/mol. The number of aromatic nitrogens is 2. The number of rotatable bonds is 2. The molecular formula is C17H19N5O. The van der Waals surface area contributed by atoms with Gasteiger partial charge in [0, 0.05) is 30.9 Å². The molecule has 2 aromatic rings. The number of carbonyl (C=O) groups excluding carboxylic acids is 1. The first kappa shape index (κ1) is 14.0. The second kappa shape index (κ2) is 4.94. The maximum Gasteiger partial charge on any atom is 0.238 e. The molecule has 1 amide bonds. The fourth-order valence-corrected chi connectivity index (χ4v) is 3.45. The zero-order valence-electron chi connectivity index (χ0n) is 13.4. The molecule has 1 aromatic heterocycles. The highest BCUT2D eigenvalue weighted by molar-refractivity contribution is 6.25. The van der Waals surface area contributed by atoms with E-state index >= 15 is 0 Å². The van der Waals surface area contributed by atoms with Crippen LogP contribution >= 0.6 is 0 Å². The van der Waals surface area contributed by atoms with Gasteiger partial charge < -0.3 is 10.3 Å². The Balaban J connectivity index is 1.88. The molecule has 0 saturated carbocycles. The second-order valence-electron chi connectivity index (χ2n) is 6.11. The zero-order valence-corrected chi connectivity index (χ0v) is 13.4. The first-order valence-corrected chi connectivity index (χ1v) is 7.88. The van der Waals surface area contributed by atoms with E-state index < -0.39 is 0 Å². The normalized spacial score (nSPS) is 22.5. The molecule has 23 heavy (non-hydrogen) atoms. The summed E-state index contributed by atoms with van der Waals surface area (Å²) in [5, 5.41) is 8.67. The van der Waals surface area contributed by atoms with E-state index in [4.69, 9.17) is 0 Å². The lowest BCUT2D eigenvalue weighted by Crippen LogP contribution is -2.47. The van der Waals surface area contributed by atoms with Crippen molar-refractivity contribution in [1.82, 2.24) is 15.2 Å². The Morgan fingerprint density at radius 2 is 2.13 bits per heavy atom. The van der Waals surface area contributed by atoms with Gasteiger partial charge in [-0.1, -0.05) is 6.07 Å². The van der Waals surface area contributed by atoms with Crippen LogP contribution in [0.3, 0.4) is 0 Å². The van der Waals surface area contributed by atoms with E-state index in [2.05, 4.69) is 21.7 Å². The van der Waals surface area contributed by atoms with E-state index in [-0.39, 0.29) is 17.9 Å². The van der Waals surface area contributed by atoms with Crippen molar-refractivity contribution in [3.8, 4) is 11.1 Å². The molecule has 2 aliphatic heterocycles. The smallest absolute Gasteiger partial charge is 0.238 e. The molecule has 2 unspecified atom stereocenters. The summed E-state index contributed by atoms with van der Waals surface area (Å²) in [5.74, 6) is -0.0722. The quantitative estimate of drug-likeness (QED) is 0.919. The molecule has 0 spiro atoms. The molecular weight excluding hydrogens is 290 g/mol. The molecule has 0 saturated heterocycles. The topological polar surface area (TPSA) is 62.5 Å². The number of hydrogen-bond donors (Lipinski definition) is 1. The predicted octanol–water partition coefficient (Wildman–Crippen LogP) is 1.77. The van der Waals surface area contributed by atoms with Crippen molar-refractivity contribution in [3.63, 3.8) is 0 Å². The number of anilines is 1. The summed E-state index contributed by atoms with van der Waals surface area (Å²) in [6, 6.07) is 6.20. The number of hydrazone groups is 1. The van der Waals surface area contributed by atoms with E-state index in [1.165, 1.54) is 0 Å². The molecule has 2 aliphatic rings. The third-order valence-electron chi connectivity index (χ3n) is 4.63. The van der Waals surface area contributed by atoms with Crippen molar-refractivity contribution in [3.05, 3.63) is 36.2 Å². The number of carbonyl (C=O) groups is 1. The van der Waals surface area contributed by atoms with Gasteiger partial charge >= 0.3 is 0 Å². The Labute approximate surface area is 134 Å². The van der Waals surface area contributed by atoms with E-state index in [9.17, 15) is 4.79 Å². The molecule has 0 bridgehead atoms. The summed E-state index contributed by atoms with van der Waals surface area (Å²) in [7, 11) is 1.90. The van der Waals surface area contributed by atoms with Crippen molar-refractivity contribution in [1.29, 1.82) is 0 Å². The van der Waals surface area contributed by atoms with E-state index in [1.807, 2.05) is 50.3 Å². The number of aryl methyl sites for hydroxylation is 1. The Morgan fingerprint density at radius 3 is 2.83 bits per heavy atom. The molecule has 1 aromatic carbocycles. The lowest BCUT2D eigenvalue weighted by Gasteiger charge is -2.33. The molecule has 1 N–H and O–H groups in total. The van der Waals surface area contributed by atoms with Gasteiger partial charge in [0.05, 0.1) is 23.6 Å². The van der Waals surface area contributed by atoms with E-state index in [1.54, 1.807) is 4.68 Å². The van der Waals surface area contributed by atoms with Crippen molar-refractivity contribution >= 4 is 17.3 Å². The van der Waals surface area contributed by atoms with Crippen LogP contribution in [0.15, 0.2) is 35.7 Å². The summed E-state index contributed by atoms with van der Waals surface area (Å²) in [5.41, 5.74) is 8.04. The number of hydrogen-bond acceptors (Lipinski definition) is 4. The minimum Gasteiger partial charge on any atom is -0.311 e. The van der Waals surface area contributed by atoms with Crippen LogP contribution in [0.25, 0.3) is 11.1 Å². The largest absolute Gasteiger partial charge is 0.311 e.